The molecule has 102 valence electrons. The minimum absolute atomic E-state index is 0.247. The molecule has 2 fully saturated rings. The fourth-order valence-corrected chi connectivity index (χ4v) is 2.88. The van der Waals surface area contributed by atoms with Crippen LogP contribution in [0.2, 0.25) is 0 Å². The highest BCUT2D eigenvalue weighted by Gasteiger charge is 2.41. The van der Waals surface area contributed by atoms with E-state index in [4.69, 9.17) is 5.11 Å². The average molecular weight is 254 g/mol. The first kappa shape index (κ1) is 13.3. The lowest BCUT2D eigenvalue weighted by Gasteiger charge is -2.30. The molecule has 2 aliphatic rings. The smallest absolute Gasteiger partial charge is 0.318 e. The molecule has 2 rings (SSSR count). The largest absolute Gasteiger partial charge is 0.480 e. The number of rotatable bonds is 2. The molecule has 0 aliphatic carbocycles. The normalized spacial score (nSPS) is 25.7. The molecule has 0 spiro atoms. The molecule has 18 heavy (non-hydrogen) atoms. The summed E-state index contributed by atoms with van der Waals surface area (Å²) in [6.07, 6.45) is 3.25. The van der Waals surface area contributed by atoms with E-state index in [0.29, 0.717) is 19.1 Å². The van der Waals surface area contributed by atoms with Crippen molar-refractivity contribution in [2.24, 2.45) is 5.41 Å². The van der Waals surface area contributed by atoms with E-state index in [9.17, 15) is 9.59 Å². The van der Waals surface area contributed by atoms with Crippen LogP contribution in [0.3, 0.4) is 0 Å². The van der Waals surface area contributed by atoms with Crippen molar-refractivity contribution in [2.75, 3.05) is 26.2 Å². The van der Waals surface area contributed by atoms with Gasteiger partial charge in [-0.3, -0.25) is 14.5 Å². The Kier molecular flexibility index (Phi) is 3.61. The molecule has 2 saturated heterocycles. The lowest BCUT2D eigenvalue weighted by atomic mass is 9.91. The third-order valence-electron chi connectivity index (χ3n) is 4.16. The van der Waals surface area contributed by atoms with Gasteiger partial charge in [-0.05, 0) is 39.7 Å². The molecule has 0 saturated carbocycles. The van der Waals surface area contributed by atoms with E-state index >= 15 is 0 Å². The van der Waals surface area contributed by atoms with Crippen LogP contribution < -0.4 is 0 Å². The number of hydrogen-bond acceptors (Lipinski definition) is 3. The van der Waals surface area contributed by atoms with E-state index in [-0.39, 0.29) is 5.91 Å². The van der Waals surface area contributed by atoms with Gasteiger partial charge in [-0.1, -0.05) is 0 Å². The maximum Gasteiger partial charge on any atom is 0.318 e. The molecule has 0 bridgehead atoms. The van der Waals surface area contributed by atoms with Crippen LogP contribution in [0, 0.1) is 5.41 Å². The standard InChI is InChI=1S/C13H22N2O3/c1-13(2,12(17)18)11(16)15-8-4-7-14-6-3-5-10(14)9-15/h10H,3-9H2,1-2H3,(H,17,18). The third-order valence-corrected chi connectivity index (χ3v) is 4.16. The van der Waals surface area contributed by atoms with Crippen LogP contribution in [0.15, 0.2) is 0 Å². The van der Waals surface area contributed by atoms with Gasteiger partial charge in [0.05, 0.1) is 0 Å². The summed E-state index contributed by atoms with van der Waals surface area (Å²) < 4.78 is 0. The van der Waals surface area contributed by atoms with Crippen molar-refractivity contribution >= 4 is 11.9 Å². The Morgan fingerprint density at radius 3 is 2.50 bits per heavy atom. The molecule has 0 aromatic heterocycles. The molecular weight excluding hydrogens is 232 g/mol. The van der Waals surface area contributed by atoms with Crippen LogP contribution in [0.4, 0.5) is 0 Å². The molecular formula is C13H22N2O3. The summed E-state index contributed by atoms with van der Waals surface area (Å²) in [6, 6.07) is 0.432. The van der Waals surface area contributed by atoms with Crippen LogP contribution in [0.1, 0.15) is 33.1 Å². The molecule has 1 atom stereocenters. The number of fused-ring (bicyclic) bond motifs is 1. The van der Waals surface area contributed by atoms with Gasteiger partial charge in [0.15, 0.2) is 0 Å². The minimum atomic E-state index is -1.31. The summed E-state index contributed by atoms with van der Waals surface area (Å²) in [5, 5.41) is 9.14. The van der Waals surface area contributed by atoms with Crippen molar-refractivity contribution in [3.05, 3.63) is 0 Å². The van der Waals surface area contributed by atoms with Crippen LogP contribution in [-0.4, -0.2) is 59.0 Å². The first-order valence-corrected chi connectivity index (χ1v) is 6.70. The number of carboxylic acid groups (broad SMARTS) is 1. The molecule has 5 nitrogen and oxygen atoms in total. The molecule has 0 aromatic rings. The van der Waals surface area contributed by atoms with Gasteiger partial charge < -0.3 is 10.0 Å². The summed E-state index contributed by atoms with van der Waals surface area (Å²) in [5.74, 6) is -1.29. The highest BCUT2D eigenvalue weighted by Crippen LogP contribution is 2.25. The Morgan fingerprint density at radius 2 is 1.83 bits per heavy atom. The van der Waals surface area contributed by atoms with E-state index in [1.54, 1.807) is 4.90 Å². The number of carboxylic acids is 1. The summed E-state index contributed by atoms with van der Waals surface area (Å²) in [5.41, 5.74) is -1.31. The molecule has 2 aliphatic heterocycles. The lowest BCUT2D eigenvalue weighted by Crippen LogP contribution is -2.48. The highest BCUT2D eigenvalue weighted by molar-refractivity contribution is 6.01. The molecule has 1 N–H and O–H groups in total. The molecule has 0 radical (unpaired) electrons. The second kappa shape index (κ2) is 4.88. The van der Waals surface area contributed by atoms with Gasteiger partial charge >= 0.3 is 5.97 Å². The average Bonchev–Trinajstić information content (AvgIpc) is 2.65. The van der Waals surface area contributed by atoms with Gasteiger partial charge in [0.25, 0.3) is 0 Å². The topological polar surface area (TPSA) is 60.9 Å². The Bertz CT molecular complexity index is 354. The maximum atomic E-state index is 12.3. The van der Waals surface area contributed by atoms with E-state index in [2.05, 4.69) is 4.90 Å². The van der Waals surface area contributed by atoms with Gasteiger partial charge in [-0.2, -0.15) is 0 Å². The minimum Gasteiger partial charge on any atom is -0.480 e. The zero-order chi connectivity index (χ0) is 13.3. The first-order chi connectivity index (χ1) is 8.43. The van der Waals surface area contributed by atoms with Crippen LogP contribution >= 0.6 is 0 Å². The molecule has 5 heteroatoms. The summed E-state index contributed by atoms with van der Waals surface area (Å²) >= 11 is 0. The maximum absolute atomic E-state index is 12.3. The molecule has 1 amide bonds. The van der Waals surface area contributed by atoms with E-state index in [0.717, 1.165) is 25.9 Å². The first-order valence-electron chi connectivity index (χ1n) is 6.70. The molecule has 1 unspecified atom stereocenters. The van der Waals surface area contributed by atoms with E-state index < -0.39 is 11.4 Å². The van der Waals surface area contributed by atoms with Crippen molar-refractivity contribution < 1.29 is 14.7 Å². The SMILES string of the molecule is CC(C)(C(=O)O)C(=O)N1CCCN2CCCC2C1. The number of amides is 1. The van der Waals surface area contributed by atoms with Crippen molar-refractivity contribution in [3.63, 3.8) is 0 Å². The highest BCUT2D eigenvalue weighted by atomic mass is 16.4. The van der Waals surface area contributed by atoms with Crippen LogP contribution in [0.25, 0.3) is 0 Å². The van der Waals surface area contributed by atoms with E-state index in [1.807, 2.05) is 0 Å². The summed E-state index contributed by atoms with van der Waals surface area (Å²) in [4.78, 5) is 27.7. The number of carbonyl (C=O) groups is 2. The van der Waals surface area contributed by atoms with Crippen molar-refractivity contribution in [2.45, 2.75) is 39.2 Å². The Labute approximate surface area is 108 Å². The monoisotopic (exact) mass is 254 g/mol. The fourth-order valence-electron chi connectivity index (χ4n) is 2.88. The third kappa shape index (κ3) is 2.36. The fraction of sp³-hybridized carbons (Fsp3) is 0.846. The van der Waals surface area contributed by atoms with Gasteiger partial charge in [0, 0.05) is 25.7 Å². The van der Waals surface area contributed by atoms with Crippen LogP contribution in [-0.2, 0) is 9.59 Å². The number of aliphatic carboxylic acids is 1. The quantitative estimate of drug-likeness (QED) is 0.740. The van der Waals surface area contributed by atoms with Crippen molar-refractivity contribution in [1.82, 2.24) is 9.80 Å². The Morgan fingerprint density at radius 1 is 1.17 bits per heavy atom. The Hall–Kier alpha value is -1.10. The second-order valence-corrected chi connectivity index (χ2v) is 5.87. The predicted octanol–water partition coefficient (Wildman–Crippen LogP) is 0.794. The van der Waals surface area contributed by atoms with Crippen LogP contribution in [0.5, 0.6) is 0 Å². The molecule has 2 heterocycles. The van der Waals surface area contributed by atoms with Gasteiger partial charge in [0.1, 0.15) is 5.41 Å². The zero-order valence-electron chi connectivity index (χ0n) is 11.2. The summed E-state index contributed by atoms with van der Waals surface area (Å²) in [6.45, 7) is 6.51. The van der Waals surface area contributed by atoms with Crippen molar-refractivity contribution in [3.8, 4) is 0 Å². The van der Waals surface area contributed by atoms with Gasteiger partial charge in [-0.25, -0.2) is 0 Å². The summed E-state index contributed by atoms with van der Waals surface area (Å²) in [7, 11) is 0. The molecule has 0 aromatic carbocycles. The predicted molar refractivity (Wildman–Crippen MR) is 67.2 cm³/mol. The number of hydrogen-bond donors (Lipinski definition) is 1. The number of carbonyl (C=O) groups excluding carboxylic acids is 1. The van der Waals surface area contributed by atoms with Gasteiger partial charge in [0.2, 0.25) is 5.91 Å². The second-order valence-electron chi connectivity index (χ2n) is 5.87. The van der Waals surface area contributed by atoms with E-state index in [1.165, 1.54) is 20.3 Å². The Balaban J connectivity index is 2.08. The van der Waals surface area contributed by atoms with Gasteiger partial charge in [-0.15, -0.1) is 0 Å². The zero-order valence-corrected chi connectivity index (χ0v) is 11.2. The lowest BCUT2D eigenvalue weighted by molar-refractivity contribution is -0.158. The van der Waals surface area contributed by atoms with Crippen molar-refractivity contribution in [1.29, 1.82) is 0 Å². The number of nitrogens with zero attached hydrogens (tertiary/aromatic N) is 2.